The second kappa shape index (κ2) is 7.20. The van der Waals surface area contributed by atoms with Gasteiger partial charge >= 0.3 is 5.97 Å². The molecule has 2 N–H and O–H groups in total. The Bertz CT molecular complexity index is 480. The predicted octanol–water partition coefficient (Wildman–Crippen LogP) is 2.51. The molecule has 114 valence electrons. The number of carboxylic acid groups (broad SMARTS) is 1. The van der Waals surface area contributed by atoms with E-state index >= 15 is 0 Å². The molecule has 1 saturated carbocycles. The molecule has 0 saturated heterocycles. The average molecular weight is 290 g/mol. The van der Waals surface area contributed by atoms with E-state index in [9.17, 15) is 14.7 Å². The third-order valence-electron chi connectivity index (χ3n) is 4.23. The van der Waals surface area contributed by atoms with Gasteiger partial charge in [0.15, 0.2) is 0 Å². The van der Waals surface area contributed by atoms with Crippen molar-refractivity contribution in [3.8, 4) is 0 Å². The van der Waals surface area contributed by atoms with Crippen molar-refractivity contribution in [1.82, 2.24) is 10.3 Å². The Hall–Kier alpha value is -1.91. The highest BCUT2D eigenvalue weighted by molar-refractivity contribution is 5.85. The van der Waals surface area contributed by atoms with E-state index in [4.69, 9.17) is 0 Å². The summed E-state index contributed by atoms with van der Waals surface area (Å²) in [5.74, 6) is -1.02. The molecule has 1 aromatic heterocycles. The lowest BCUT2D eigenvalue weighted by atomic mass is 9.77. The van der Waals surface area contributed by atoms with Crippen LogP contribution in [0.1, 0.15) is 50.5 Å². The highest BCUT2D eigenvalue weighted by Crippen LogP contribution is 2.38. The van der Waals surface area contributed by atoms with Crippen molar-refractivity contribution < 1.29 is 14.7 Å². The van der Waals surface area contributed by atoms with Gasteiger partial charge < -0.3 is 10.4 Å². The quantitative estimate of drug-likeness (QED) is 0.817. The summed E-state index contributed by atoms with van der Waals surface area (Å²) in [6, 6.07) is 3.69. The standard InChI is InChI=1S/C16H22N2O3/c19-14(18-12-13-6-5-9-17-11-13)10-16(15(20)21)7-3-1-2-4-8-16/h5-6,9,11H,1-4,7-8,10,12H2,(H,18,19)(H,20,21). The normalized spacial score (nSPS) is 17.7. The first-order valence-corrected chi connectivity index (χ1v) is 7.51. The molecule has 2 rings (SSSR count). The Morgan fingerprint density at radius 3 is 2.52 bits per heavy atom. The van der Waals surface area contributed by atoms with Crippen molar-refractivity contribution in [3.05, 3.63) is 30.1 Å². The molecule has 0 radical (unpaired) electrons. The van der Waals surface area contributed by atoms with Gasteiger partial charge in [0.1, 0.15) is 0 Å². The van der Waals surface area contributed by atoms with Crippen LogP contribution in [0.4, 0.5) is 0 Å². The van der Waals surface area contributed by atoms with E-state index in [0.29, 0.717) is 19.4 Å². The van der Waals surface area contributed by atoms with Gasteiger partial charge in [-0.15, -0.1) is 0 Å². The number of nitrogens with zero attached hydrogens (tertiary/aromatic N) is 1. The fraction of sp³-hybridized carbons (Fsp3) is 0.562. The molecule has 5 nitrogen and oxygen atoms in total. The summed E-state index contributed by atoms with van der Waals surface area (Å²) in [5.41, 5.74) is 0.0336. The minimum Gasteiger partial charge on any atom is -0.481 e. The number of nitrogens with one attached hydrogen (secondary N) is 1. The van der Waals surface area contributed by atoms with Crippen molar-refractivity contribution in [2.24, 2.45) is 5.41 Å². The molecule has 21 heavy (non-hydrogen) atoms. The fourth-order valence-corrected chi connectivity index (χ4v) is 2.94. The zero-order valence-electron chi connectivity index (χ0n) is 12.2. The molecule has 1 aromatic rings. The molecular formula is C16H22N2O3. The Morgan fingerprint density at radius 1 is 1.24 bits per heavy atom. The number of pyridine rings is 1. The zero-order chi connectivity index (χ0) is 15.1. The van der Waals surface area contributed by atoms with Crippen LogP contribution >= 0.6 is 0 Å². The van der Waals surface area contributed by atoms with Gasteiger partial charge in [-0.3, -0.25) is 14.6 Å². The summed E-state index contributed by atoms with van der Waals surface area (Å²) < 4.78 is 0. The van der Waals surface area contributed by atoms with Crippen molar-refractivity contribution in [2.75, 3.05) is 0 Å². The molecule has 1 amide bonds. The number of hydrogen-bond acceptors (Lipinski definition) is 3. The van der Waals surface area contributed by atoms with Gasteiger partial charge in [0.25, 0.3) is 0 Å². The molecule has 1 aliphatic carbocycles. The monoisotopic (exact) mass is 290 g/mol. The second-order valence-corrected chi connectivity index (χ2v) is 5.81. The predicted molar refractivity (Wildman–Crippen MR) is 78.5 cm³/mol. The molecule has 0 aromatic carbocycles. The maximum atomic E-state index is 12.1. The Morgan fingerprint density at radius 2 is 1.95 bits per heavy atom. The maximum absolute atomic E-state index is 12.1. The summed E-state index contributed by atoms with van der Waals surface area (Å²) in [4.78, 5) is 27.7. The van der Waals surface area contributed by atoms with Gasteiger partial charge in [-0.1, -0.05) is 31.7 Å². The SMILES string of the molecule is O=C(CC1(C(=O)O)CCCCCC1)NCc1cccnc1. The lowest BCUT2D eigenvalue weighted by Crippen LogP contribution is -2.37. The van der Waals surface area contributed by atoms with Crippen LogP contribution in [0.25, 0.3) is 0 Å². The molecule has 1 fully saturated rings. The van der Waals surface area contributed by atoms with Gasteiger partial charge in [-0.2, -0.15) is 0 Å². The molecule has 0 unspecified atom stereocenters. The largest absolute Gasteiger partial charge is 0.481 e. The fourth-order valence-electron chi connectivity index (χ4n) is 2.94. The minimum atomic E-state index is -0.879. The topological polar surface area (TPSA) is 79.3 Å². The molecular weight excluding hydrogens is 268 g/mol. The van der Waals surface area contributed by atoms with E-state index in [0.717, 1.165) is 31.2 Å². The first-order chi connectivity index (χ1) is 10.1. The van der Waals surface area contributed by atoms with E-state index < -0.39 is 11.4 Å². The number of carbonyl (C=O) groups excluding carboxylic acids is 1. The van der Waals surface area contributed by atoms with Crippen LogP contribution in [0.3, 0.4) is 0 Å². The van der Waals surface area contributed by atoms with Gasteiger partial charge in [0.05, 0.1) is 5.41 Å². The van der Waals surface area contributed by atoms with Crippen LogP contribution in [0.2, 0.25) is 0 Å². The average Bonchev–Trinajstić information content (AvgIpc) is 2.73. The van der Waals surface area contributed by atoms with Crippen LogP contribution < -0.4 is 5.32 Å². The first kappa shape index (κ1) is 15.5. The molecule has 0 aliphatic heterocycles. The van der Waals surface area contributed by atoms with Gasteiger partial charge in [-0.25, -0.2) is 0 Å². The van der Waals surface area contributed by atoms with E-state index in [1.165, 1.54) is 0 Å². The van der Waals surface area contributed by atoms with Gasteiger partial charge in [-0.05, 0) is 24.5 Å². The highest BCUT2D eigenvalue weighted by atomic mass is 16.4. The summed E-state index contributed by atoms with van der Waals surface area (Å²) in [5, 5.41) is 12.4. The summed E-state index contributed by atoms with van der Waals surface area (Å²) in [7, 11) is 0. The number of aromatic nitrogens is 1. The number of carbonyl (C=O) groups is 2. The van der Waals surface area contributed by atoms with Crippen LogP contribution in [0.15, 0.2) is 24.5 Å². The van der Waals surface area contributed by atoms with Gasteiger partial charge in [0, 0.05) is 25.4 Å². The van der Waals surface area contributed by atoms with Gasteiger partial charge in [0.2, 0.25) is 5.91 Å². The molecule has 0 bridgehead atoms. The van der Waals surface area contributed by atoms with E-state index in [-0.39, 0.29) is 12.3 Å². The number of rotatable bonds is 5. The molecule has 0 spiro atoms. The Kier molecular flexibility index (Phi) is 5.31. The Labute approximate surface area is 124 Å². The smallest absolute Gasteiger partial charge is 0.310 e. The maximum Gasteiger partial charge on any atom is 0.310 e. The Balaban J connectivity index is 1.93. The van der Waals surface area contributed by atoms with Crippen molar-refractivity contribution >= 4 is 11.9 Å². The highest BCUT2D eigenvalue weighted by Gasteiger charge is 2.40. The van der Waals surface area contributed by atoms with Crippen molar-refractivity contribution in [2.45, 2.75) is 51.5 Å². The molecule has 5 heteroatoms. The lowest BCUT2D eigenvalue weighted by molar-refractivity contribution is -0.152. The van der Waals surface area contributed by atoms with E-state index in [1.807, 2.05) is 12.1 Å². The third-order valence-corrected chi connectivity index (χ3v) is 4.23. The van der Waals surface area contributed by atoms with Crippen molar-refractivity contribution in [1.29, 1.82) is 0 Å². The summed E-state index contributed by atoms with van der Waals surface area (Å²) in [6.45, 7) is 0.391. The van der Waals surface area contributed by atoms with Crippen LogP contribution in [-0.2, 0) is 16.1 Å². The number of amides is 1. The van der Waals surface area contributed by atoms with E-state index in [2.05, 4.69) is 10.3 Å². The second-order valence-electron chi connectivity index (χ2n) is 5.81. The van der Waals surface area contributed by atoms with Crippen LogP contribution in [0, 0.1) is 5.41 Å². The van der Waals surface area contributed by atoms with E-state index in [1.54, 1.807) is 12.4 Å². The number of hydrogen-bond donors (Lipinski definition) is 2. The van der Waals surface area contributed by atoms with Crippen molar-refractivity contribution in [3.63, 3.8) is 0 Å². The first-order valence-electron chi connectivity index (χ1n) is 7.51. The summed E-state index contributed by atoms with van der Waals surface area (Å²) in [6.07, 6.45) is 8.55. The zero-order valence-corrected chi connectivity index (χ0v) is 12.2. The molecule has 1 aliphatic rings. The van der Waals surface area contributed by atoms with Crippen LogP contribution in [-0.4, -0.2) is 22.0 Å². The minimum absolute atomic E-state index is 0.0720. The molecule has 0 atom stereocenters. The summed E-state index contributed by atoms with van der Waals surface area (Å²) >= 11 is 0. The third kappa shape index (κ3) is 4.28. The van der Waals surface area contributed by atoms with Crippen LogP contribution in [0.5, 0.6) is 0 Å². The number of aliphatic carboxylic acids is 1. The number of carboxylic acids is 1. The molecule has 1 heterocycles. The lowest BCUT2D eigenvalue weighted by Gasteiger charge is -2.27.